The molecule has 2 bridgehead atoms. The molecule has 2 saturated heterocycles. The molecule has 0 spiro atoms. The third-order valence-corrected chi connectivity index (χ3v) is 25.6. The minimum atomic E-state index is -1.99. The minimum absolute atomic E-state index is 0.00136. The Morgan fingerprint density at radius 2 is 0.813 bits per heavy atom. The number of hydrogen-bond acceptors (Lipinski definition) is 41. The first kappa shape index (κ1) is 121. The minimum Gasteiger partial charge on any atom is -0.396 e. The molecule has 2 heterocycles. The van der Waals surface area contributed by atoms with Crippen LogP contribution in [0.15, 0.2) is 24.3 Å². The van der Waals surface area contributed by atoms with Crippen molar-refractivity contribution >= 4 is 100 Å². The van der Waals surface area contributed by atoms with E-state index >= 15 is 0 Å². The molecule has 19 unspecified atom stereocenters. The Hall–Kier alpha value is -6.67. The van der Waals surface area contributed by atoms with E-state index in [0.29, 0.717) is 64.3 Å². The molecule has 5 aliphatic rings. The SMILES string of the molecule is O=C(CCOCCOCCOCCOCCNC(=O)CN(CC(=O)NCCOCCOCCOCCOCCC(=O)NC1C(O)CC(CO)C(O)C1O)C(CCCCNC(=S)Nc1ccc(CNC(=O)CCC(C(=O)O)N2CCN3CCN(CC2)CC(=O)[O][68Ga][O]C(=O)C3)cc1)C(=O)NCCOCCOCCOCCOCCC(=O)NC1C(O)CC(CO)C(O)C1O)CC1C(O)CC(CO)C(O)C1O. The fourth-order valence-electron chi connectivity index (χ4n) is 15.9. The maximum absolute atomic E-state index is 14.5. The van der Waals surface area contributed by atoms with Gasteiger partial charge < -0.3 is 155 Å². The van der Waals surface area contributed by atoms with Crippen LogP contribution in [-0.4, -0.2) is 517 Å². The van der Waals surface area contributed by atoms with Crippen molar-refractivity contribution in [2.24, 2.45) is 23.7 Å². The molecule has 3 saturated carbocycles. The third kappa shape index (κ3) is 49.7. The van der Waals surface area contributed by atoms with Crippen molar-refractivity contribution < 1.29 is 178 Å². The van der Waals surface area contributed by atoms with Crippen molar-refractivity contribution in [1.82, 2.24) is 56.8 Å². The quantitative estimate of drug-likeness (QED) is 0.0164. The zero-order chi connectivity index (χ0) is 101. The van der Waals surface area contributed by atoms with E-state index in [1.165, 1.54) is 4.90 Å². The van der Waals surface area contributed by atoms with Crippen LogP contribution in [0.2, 0.25) is 0 Å². The van der Waals surface area contributed by atoms with E-state index in [1.54, 1.807) is 29.2 Å². The molecule has 793 valence electrons. The Labute approximate surface area is 822 Å². The number of aliphatic hydroxyl groups excluding tert-OH is 12. The molecule has 1 aromatic rings. The maximum atomic E-state index is 14.5. The molecule has 21 N–H and O–H groups in total. The number of unbranched alkanes of at least 4 members (excludes halogenated alkanes) is 1. The number of Topliss-reactive ketones (excluding diaryl/α,β-unsaturated/α-hetero) is 1. The molecular weight excluding hydrogens is 1920 g/mol. The van der Waals surface area contributed by atoms with Crippen LogP contribution in [0.25, 0.3) is 0 Å². The molecule has 2 aliphatic heterocycles. The van der Waals surface area contributed by atoms with Crippen molar-refractivity contribution in [1.29, 1.82) is 0 Å². The average molecular weight is 2070 g/mol. The molecule has 5 fully saturated rings. The van der Waals surface area contributed by atoms with Gasteiger partial charge in [-0.25, -0.2) is 0 Å². The van der Waals surface area contributed by atoms with Gasteiger partial charge in [-0.3, -0.25) is 33.7 Å². The van der Waals surface area contributed by atoms with Gasteiger partial charge in [-0.05, 0) is 68.4 Å². The van der Waals surface area contributed by atoms with E-state index in [9.17, 15) is 114 Å². The molecule has 19 atom stereocenters. The number of aliphatic hydroxyl groups is 12. The molecule has 1 radical (unpaired) electrons. The monoisotopic (exact) mass is 2070 g/mol. The summed E-state index contributed by atoms with van der Waals surface area (Å²) in [5.41, 5.74) is 1.36. The van der Waals surface area contributed by atoms with Crippen molar-refractivity contribution in [2.45, 2.75) is 163 Å². The fraction of sp³-hybridized carbons (Fsp3) is 0.807. The van der Waals surface area contributed by atoms with Crippen LogP contribution >= 0.6 is 12.2 Å². The number of fused-ring (bicyclic) bond motifs is 3. The van der Waals surface area contributed by atoms with Gasteiger partial charge in [-0.15, -0.1) is 0 Å². The van der Waals surface area contributed by atoms with Gasteiger partial charge in [0.2, 0.25) is 29.5 Å². The van der Waals surface area contributed by atoms with Gasteiger partial charge in [0, 0.05) is 108 Å². The number of nitrogens with one attached hydrogen (secondary N) is 8. The fourth-order valence-corrected chi connectivity index (χ4v) is 17.0. The van der Waals surface area contributed by atoms with Gasteiger partial charge in [0.05, 0.1) is 233 Å². The number of hydrogen-bond donors (Lipinski definition) is 21. The molecule has 6 amide bonds. The Kier molecular flexibility index (Phi) is 62.5. The number of ether oxygens (including phenoxy) is 12. The number of carbonyl (C=O) groups is 10. The number of thiocarbonyl (C=S) groups is 1. The summed E-state index contributed by atoms with van der Waals surface area (Å²) in [7, 11) is 0. The van der Waals surface area contributed by atoms with Gasteiger partial charge in [0.25, 0.3) is 0 Å². The number of amides is 6. The summed E-state index contributed by atoms with van der Waals surface area (Å²) in [6.07, 6.45) is -10.8. The number of rotatable bonds is 71. The molecule has 6 rings (SSSR count). The van der Waals surface area contributed by atoms with E-state index < -0.39 is 201 Å². The predicted octanol–water partition coefficient (Wildman–Crippen LogP) is -9.23. The molecule has 49 nitrogen and oxygen atoms in total. The maximum Gasteiger partial charge on any atom is 0.237 e. The number of carbonyl (C=O) groups excluding carboxylic acids is 9. The van der Waals surface area contributed by atoms with E-state index in [4.69, 9.17) is 76.1 Å². The normalized spacial score (nSPS) is 24.6. The summed E-state index contributed by atoms with van der Waals surface area (Å²) in [4.78, 5) is 138. The van der Waals surface area contributed by atoms with Crippen molar-refractivity contribution in [3.05, 3.63) is 29.8 Å². The van der Waals surface area contributed by atoms with E-state index in [2.05, 4.69) is 42.5 Å². The first-order chi connectivity index (χ1) is 67.1. The first-order valence-electron chi connectivity index (χ1n) is 47.7. The van der Waals surface area contributed by atoms with Crippen LogP contribution < -0.4 is 42.5 Å². The summed E-state index contributed by atoms with van der Waals surface area (Å²) >= 11 is 3.67. The number of carboxylic acids is 1. The van der Waals surface area contributed by atoms with E-state index in [0.717, 1.165) is 5.56 Å². The zero-order valence-corrected chi connectivity index (χ0v) is 82.4. The summed E-state index contributed by atoms with van der Waals surface area (Å²) in [6.45, 7) is 4.39. The van der Waals surface area contributed by atoms with Crippen LogP contribution in [-0.2, 0) is 118 Å². The summed E-state index contributed by atoms with van der Waals surface area (Å²) < 4.78 is 77.5. The number of benzene rings is 1. The molecular formula is C88H150GaN12O37S. The molecule has 51 heteroatoms. The van der Waals surface area contributed by atoms with Crippen LogP contribution in [0.4, 0.5) is 5.69 Å². The topological polar surface area (TPSA) is 672 Å². The van der Waals surface area contributed by atoms with Gasteiger partial charge in [0.1, 0.15) is 18.0 Å². The summed E-state index contributed by atoms with van der Waals surface area (Å²) in [5.74, 6) is -8.30. The second-order valence-corrected chi connectivity index (χ2v) is 36.0. The average Bonchev–Trinajstić information content (AvgIpc) is 1.14. The summed E-state index contributed by atoms with van der Waals surface area (Å²) in [6, 6.07) is 2.81. The number of ketones is 1. The molecule has 3 aliphatic carbocycles. The number of carboxylic acid groups (broad SMARTS) is 1. The predicted molar refractivity (Wildman–Crippen MR) is 494 cm³/mol. The second kappa shape index (κ2) is 71.7. The molecule has 1 aromatic carbocycles. The second-order valence-electron chi connectivity index (χ2n) is 34.2. The number of aliphatic carboxylic acids is 1. The molecule has 139 heavy (non-hydrogen) atoms. The van der Waals surface area contributed by atoms with Crippen LogP contribution in [0.1, 0.15) is 82.6 Å². The first-order valence-corrected chi connectivity index (χ1v) is 50.0. The van der Waals surface area contributed by atoms with Crippen LogP contribution in [0.5, 0.6) is 0 Å². The summed E-state index contributed by atoms with van der Waals surface area (Å²) in [5, 5.41) is 155. The Morgan fingerprint density at radius 1 is 0.424 bits per heavy atom. The third-order valence-electron chi connectivity index (χ3n) is 23.9. The molecule has 0 aromatic heterocycles. The van der Waals surface area contributed by atoms with Gasteiger partial charge >= 0.3 is 165 Å². The van der Waals surface area contributed by atoms with Crippen LogP contribution in [0, 0.1) is 23.7 Å². The van der Waals surface area contributed by atoms with Crippen molar-refractivity contribution in [3.8, 4) is 0 Å². The Morgan fingerprint density at radius 3 is 1.24 bits per heavy atom. The zero-order valence-electron chi connectivity index (χ0n) is 79.2. The van der Waals surface area contributed by atoms with E-state index in [-0.39, 0.29) is 279 Å². The van der Waals surface area contributed by atoms with Gasteiger partial charge in [-0.1, -0.05) is 12.1 Å². The Bertz CT molecular complexity index is 3550. The van der Waals surface area contributed by atoms with Crippen molar-refractivity contribution in [3.63, 3.8) is 0 Å². The smallest absolute Gasteiger partial charge is 0.237 e. The van der Waals surface area contributed by atoms with Crippen LogP contribution in [0.3, 0.4) is 0 Å². The van der Waals surface area contributed by atoms with Gasteiger partial charge in [-0.2, -0.15) is 0 Å². The Balaban J connectivity index is 0.961. The van der Waals surface area contributed by atoms with E-state index in [1.807, 2.05) is 9.80 Å². The van der Waals surface area contributed by atoms with Crippen molar-refractivity contribution in [2.75, 3.05) is 275 Å². The van der Waals surface area contributed by atoms with Gasteiger partial charge in [0.15, 0.2) is 5.11 Å². The number of anilines is 1. The number of nitrogens with zero attached hydrogens (tertiary/aromatic N) is 4. The largest absolute Gasteiger partial charge is 0.396 e. The standard InChI is InChI=1S/C88H152N12O37S.Ga/c101-56-60-47-68(105)65(83(120)80(60)117)50-64(104)10-23-126-29-35-132-41-44-135-38-32-129-26-14-89-74(111)52-100(53-75(112)90-15-27-130-33-39-136-45-42-133-36-30-127-24-11-72(109)95-78-69(106)48-61(57-102)81(118)84(78)121)66(86(123)91-16-28-131-34-40-137-46-43-134-37-31-128-25-12-73(110)96-79-70(107)49-62(58-103)82(119)85(79)122)3-1-2-13-92-88(138)94-63-6-4-59(5-7-63)51-93-71(108)9-8-67(87(124)125)99-21-19-97(54-76(113)114)17-18-98(20-22-99)55-77(115)116;/h4-7,60-62,65-70,78-85,101-103,105-107,117-122H,1-3,8-58H2,(H,89,111)(H,90,112)(H,91,123)(H,93,108)(H,95,109)(H,96,110)(H,113,114)(H,115,116)(H,124,125)(H2,92,94,138);/q;+2/p-2/i;1-2.